The summed E-state index contributed by atoms with van der Waals surface area (Å²) in [7, 11) is 0. The molecule has 0 spiro atoms. The molecule has 0 saturated heterocycles. The zero-order chi connectivity index (χ0) is 11.3. The van der Waals surface area contributed by atoms with E-state index >= 15 is 0 Å². The Hall–Kier alpha value is -1.89. The molecule has 0 aliphatic carbocycles. The summed E-state index contributed by atoms with van der Waals surface area (Å²) in [6, 6.07) is 0. The number of amides is 2. The molecule has 0 atom stereocenters. The van der Waals surface area contributed by atoms with Gasteiger partial charge in [0, 0.05) is 19.3 Å². The van der Waals surface area contributed by atoms with Crippen molar-refractivity contribution >= 4 is 11.8 Å². The molecule has 1 aromatic heterocycles. The minimum atomic E-state index is -0.566. The van der Waals surface area contributed by atoms with Crippen LogP contribution in [0.5, 0.6) is 0 Å². The van der Waals surface area contributed by atoms with Gasteiger partial charge >= 0.3 is 0 Å². The van der Waals surface area contributed by atoms with E-state index in [0.717, 1.165) is 0 Å². The summed E-state index contributed by atoms with van der Waals surface area (Å²) < 4.78 is 1.34. The van der Waals surface area contributed by atoms with Gasteiger partial charge < -0.3 is 16.8 Å². The maximum absolute atomic E-state index is 11.2. The minimum Gasteiger partial charge on any atom is -0.366 e. The summed E-state index contributed by atoms with van der Waals surface area (Å²) in [6.45, 7) is 0.855. The number of nitrogens with one attached hydrogen (secondary N) is 1. The molecule has 0 aliphatic heterocycles. The van der Waals surface area contributed by atoms with Gasteiger partial charge in [0.1, 0.15) is 6.54 Å². The van der Waals surface area contributed by atoms with Crippen LogP contribution in [-0.4, -0.2) is 34.7 Å². The van der Waals surface area contributed by atoms with Crippen molar-refractivity contribution in [2.24, 2.45) is 11.5 Å². The maximum atomic E-state index is 11.2. The highest BCUT2D eigenvalue weighted by Gasteiger charge is 2.06. The Morgan fingerprint density at radius 3 is 2.80 bits per heavy atom. The SMILES string of the molecule is NCCNC(=O)Cn1cc(C(N)=O)cn1. The molecule has 0 radical (unpaired) electrons. The number of hydrogen-bond acceptors (Lipinski definition) is 4. The van der Waals surface area contributed by atoms with E-state index in [0.29, 0.717) is 13.1 Å². The summed E-state index contributed by atoms with van der Waals surface area (Å²) >= 11 is 0. The smallest absolute Gasteiger partial charge is 0.251 e. The van der Waals surface area contributed by atoms with Gasteiger partial charge in [-0.2, -0.15) is 5.10 Å². The highest BCUT2D eigenvalue weighted by molar-refractivity contribution is 5.92. The van der Waals surface area contributed by atoms with E-state index in [4.69, 9.17) is 11.5 Å². The fourth-order valence-electron chi connectivity index (χ4n) is 0.992. The summed E-state index contributed by atoms with van der Waals surface area (Å²) in [5, 5.41) is 6.39. The molecule has 5 N–H and O–H groups in total. The summed E-state index contributed by atoms with van der Waals surface area (Å²) in [4.78, 5) is 21.9. The molecule has 1 heterocycles. The normalized spacial score (nSPS) is 9.93. The fourth-order valence-corrected chi connectivity index (χ4v) is 0.992. The number of carbonyl (C=O) groups is 2. The van der Waals surface area contributed by atoms with Crippen molar-refractivity contribution in [2.75, 3.05) is 13.1 Å². The lowest BCUT2D eigenvalue weighted by molar-refractivity contribution is -0.121. The van der Waals surface area contributed by atoms with Gasteiger partial charge in [0.15, 0.2) is 0 Å². The lowest BCUT2D eigenvalue weighted by atomic mass is 10.3. The molecule has 0 bridgehead atoms. The first-order valence-electron chi connectivity index (χ1n) is 4.42. The zero-order valence-electron chi connectivity index (χ0n) is 8.14. The highest BCUT2D eigenvalue weighted by atomic mass is 16.2. The van der Waals surface area contributed by atoms with Gasteiger partial charge in [-0.15, -0.1) is 0 Å². The van der Waals surface area contributed by atoms with Gasteiger partial charge in [-0.3, -0.25) is 14.3 Å². The Morgan fingerprint density at radius 1 is 1.53 bits per heavy atom. The topological polar surface area (TPSA) is 116 Å². The van der Waals surface area contributed by atoms with Crippen molar-refractivity contribution in [3.63, 3.8) is 0 Å². The zero-order valence-corrected chi connectivity index (χ0v) is 8.14. The molecule has 0 fully saturated rings. The standard InChI is InChI=1S/C8H13N5O2/c9-1-2-11-7(14)5-13-4-6(3-12-13)8(10)15/h3-4H,1-2,5,9H2,(H2,10,15)(H,11,14). The van der Waals surface area contributed by atoms with E-state index in [-0.39, 0.29) is 18.0 Å². The van der Waals surface area contributed by atoms with E-state index < -0.39 is 5.91 Å². The lowest BCUT2D eigenvalue weighted by Crippen LogP contribution is -2.32. The van der Waals surface area contributed by atoms with E-state index in [9.17, 15) is 9.59 Å². The average molecular weight is 211 g/mol. The molecule has 0 saturated carbocycles. The molecular formula is C8H13N5O2. The summed E-state index contributed by atoms with van der Waals surface area (Å²) in [5.74, 6) is -0.775. The second kappa shape index (κ2) is 5.11. The van der Waals surface area contributed by atoms with E-state index in [2.05, 4.69) is 10.4 Å². The van der Waals surface area contributed by atoms with Crippen molar-refractivity contribution in [1.82, 2.24) is 15.1 Å². The van der Waals surface area contributed by atoms with E-state index in [1.54, 1.807) is 0 Å². The summed E-state index contributed by atoms with van der Waals surface area (Å²) in [5.41, 5.74) is 10.5. The van der Waals surface area contributed by atoms with Gasteiger partial charge in [-0.1, -0.05) is 0 Å². The Balaban J connectivity index is 2.50. The summed E-state index contributed by atoms with van der Waals surface area (Å²) in [6.07, 6.45) is 2.74. The number of primary amides is 1. The van der Waals surface area contributed by atoms with Crippen molar-refractivity contribution in [3.05, 3.63) is 18.0 Å². The molecule has 0 unspecified atom stereocenters. The second-order valence-electron chi connectivity index (χ2n) is 2.93. The van der Waals surface area contributed by atoms with Crippen LogP contribution in [0.25, 0.3) is 0 Å². The Morgan fingerprint density at radius 2 is 2.27 bits per heavy atom. The number of hydrogen-bond donors (Lipinski definition) is 3. The highest BCUT2D eigenvalue weighted by Crippen LogP contribution is 1.95. The maximum Gasteiger partial charge on any atom is 0.251 e. The quantitative estimate of drug-likeness (QED) is 0.525. The molecule has 7 nitrogen and oxygen atoms in total. The van der Waals surface area contributed by atoms with E-state index in [1.807, 2.05) is 0 Å². The first kappa shape index (κ1) is 11.2. The number of aromatic nitrogens is 2. The third-order valence-electron chi connectivity index (χ3n) is 1.69. The van der Waals surface area contributed by atoms with Crippen LogP contribution in [0.15, 0.2) is 12.4 Å². The van der Waals surface area contributed by atoms with Crippen molar-refractivity contribution in [2.45, 2.75) is 6.54 Å². The molecule has 7 heteroatoms. The van der Waals surface area contributed by atoms with Crippen LogP contribution in [0.4, 0.5) is 0 Å². The van der Waals surface area contributed by atoms with Gasteiger partial charge in [0.25, 0.3) is 5.91 Å². The van der Waals surface area contributed by atoms with Crippen molar-refractivity contribution < 1.29 is 9.59 Å². The molecule has 1 aromatic rings. The number of rotatable bonds is 5. The van der Waals surface area contributed by atoms with Crippen LogP contribution in [-0.2, 0) is 11.3 Å². The van der Waals surface area contributed by atoms with Crippen LogP contribution in [0.1, 0.15) is 10.4 Å². The van der Waals surface area contributed by atoms with E-state index in [1.165, 1.54) is 17.1 Å². The van der Waals surface area contributed by atoms with Gasteiger partial charge in [-0.05, 0) is 0 Å². The molecule has 2 amide bonds. The monoisotopic (exact) mass is 211 g/mol. The Labute approximate surface area is 86.4 Å². The first-order valence-corrected chi connectivity index (χ1v) is 4.42. The van der Waals surface area contributed by atoms with Crippen LogP contribution in [0.3, 0.4) is 0 Å². The third-order valence-corrected chi connectivity index (χ3v) is 1.69. The van der Waals surface area contributed by atoms with Crippen LogP contribution in [0.2, 0.25) is 0 Å². The second-order valence-corrected chi connectivity index (χ2v) is 2.93. The van der Waals surface area contributed by atoms with Crippen molar-refractivity contribution in [1.29, 1.82) is 0 Å². The van der Waals surface area contributed by atoms with Gasteiger partial charge in [-0.25, -0.2) is 0 Å². The van der Waals surface area contributed by atoms with Crippen LogP contribution in [0, 0.1) is 0 Å². The molecule has 0 aliphatic rings. The molecular weight excluding hydrogens is 198 g/mol. The number of nitrogens with two attached hydrogens (primary N) is 2. The number of nitrogens with zero attached hydrogens (tertiary/aromatic N) is 2. The van der Waals surface area contributed by atoms with Crippen LogP contribution >= 0.6 is 0 Å². The predicted octanol–water partition coefficient (Wildman–Crippen LogP) is -1.94. The fraction of sp³-hybridized carbons (Fsp3) is 0.375. The third kappa shape index (κ3) is 3.39. The molecule has 1 rings (SSSR count). The Bertz CT molecular complexity index is 360. The van der Waals surface area contributed by atoms with Gasteiger partial charge in [0.05, 0.1) is 11.8 Å². The first-order chi connectivity index (χ1) is 7.13. The number of carbonyl (C=O) groups excluding carboxylic acids is 2. The van der Waals surface area contributed by atoms with Crippen molar-refractivity contribution in [3.8, 4) is 0 Å². The van der Waals surface area contributed by atoms with Gasteiger partial charge in [0.2, 0.25) is 5.91 Å². The molecule has 0 aromatic carbocycles. The van der Waals surface area contributed by atoms with Crippen LogP contribution < -0.4 is 16.8 Å². The molecule has 15 heavy (non-hydrogen) atoms. The average Bonchev–Trinajstić information content (AvgIpc) is 2.63. The lowest BCUT2D eigenvalue weighted by Gasteiger charge is -2.02. The minimum absolute atomic E-state index is 0.0489. The Kier molecular flexibility index (Phi) is 3.81. The molecule has 82 valence electrons. The largest absolute Gasteiger partial charge is 0.366 e. The predicted molar refractivity (Wildman–Crippen MR) is 52.8 cm³/mol.